The lowest BCUT2D eigenvalue weighted by Crippen LogP contribution is -2.48. The lowest BCUT2D eigenvalue weighted by molar-refractivity contribution is 0.0717. The van der Waals surface area contributed by atoms with Crippen LogP contribution >= 0.6 is 11.3 Å². The molecule has 0 spiro atoms. The number of aromatic nitrogens is 1. The van der Waals surface area contributed by atoms with Crippen LogP contribution in [0, 0.1) is 0 Å². The maximum absolute atomic E-state index is 13.0. The first-order valence-corrected chi connectivity index (χ1v) is 11.0. The van der Waals surface area contributed by atoms with Crippen LogP contribution in [0.1, 0.15) is 23.0 Å². The fraction of sp³-hybridized carbons (Fsp3) is 0.304. The van der Waals surface area contributed by atoms with Crippen molar-refractivity contribution in [2.24, 2.45) is 0 Å². The lowest BCUT2D eigenvalue weighted by atomic mass is 10.2. The third kappa shape index (κ3) is 3.29. The molecule has 1 saturated heterocycles. The number of para-hydroxylation sites is 1. The normalized spacial score (nSPS) is 14.6. The quantitative estimate of drug-likeness (QED) is 0.483. The molecule has 1 amide bonds. The number of methoxy groups -OCH3 is 1. The third-order valence-electron chi connectivity index (χ3n) is 5.63. The second kappa shape index (κ2) is 7.65. The molecule has 0 N–H and O–H groups in total. The van der Waals surface area contributed by atoms with E-state index in [1.165, 1.54) is 10.3 Å². The van der Waals surface area contributed by atoms with E-state index in [4.69, 9.17) is 14.1 Å². The molecule has 1 fully saturated rings. The van der Waals surface area contributed by atoms with Crippen LogP contribution in [0.4, 0.5) is 5.13 Å². The Balaban J connectivity index is 1.30. The molecule has 2 aromatic carbocycles. The van der Waals surface area contributed by atoms with Crippen LogP contribution in [0.5, 0.6) is 5.75 Å². The zero-order chi connectivity index (χ0) is 20.7. The van der Waals surface area contributed by atoms with Crippen molar-refractivity contribution >= 4 is 43.6 Å². The molecular weight excluding hydrogens is 398 g/mol. The number of fused-ring (bicyclic) bond motifs is 2. The van der Waals surface area contributed by atoms with Crippen LogP contribution in [0.25, 0.3) is 21.2 Å². The Kier molecular flexibility index (Phi) is 4.83. The number of carbonyl (C=O) groups is 1. The molecule has 0 atom stereocenters. The van der Waals surface area contributed by atoms with E-state index in [1.54, 1.807) is 24.5 Å². The van der Waals surface area contributed by atoms with E-state index in [2.05, 4.69) is 30.0 Å². The number of furan rings is 1. The molecule has 154 valence electrons. The predicted octanol–water partition coefficient (Wildman–Crippen LogP) is 4.58. The molecule has 5 rings (SSSR count). The smallest absolute Gasteiger partial charge is 0.289 e. The van der Waals surface area contributed by atoms with Gasteiger partial charge in [0.05, 0.1) is 17.3 Å². The summed E-state index contributed by atoms with van der Waals surface area (Å²) in [4.78, 5) is 21.9. The van der Waals surface area contributed by atoms with Gasteiger partial charge in [-0.25, -0.2) is 4.98 Å². The van der Waals surface area contributed by atoms with E-state index in [1.807, 2.05) is 23.1 Å². The van der Waals surface area contributed by atoms with Gasteiger partial charge in [0.1, 0.15) is 0 Å². The summed E-state index contributed by atoms with van der Waals surface area (Å²) in [6.45, 7) is 4.97. The fourth-order valence-corrected chi connectivity index (χ4v) is 4.95. The van der Waals surface area contributed by atoms with Crippen LogP contribution in [0.15, 0.2) is 46.9 Å². The molecule has 1 aliphatic heterocycles. The molecule has 6 nitrogen and oxygen atoms in total. The van der Waals surface area contributed by atoms with Gasteiger partial charge < -0.3 is 19.0 Å². The summed E-state index contributed by atoms with van der Waals surface area (Å²) < 4.78 is 12.4. The largest absolute Gasteiger partial charge is 0.493 e. The Labute approximate surface area is 178 Å². The van der Waals surface area contributed by atoms with Crippen molar-refractivity contribution in [2.75, 3.05) is 38.2 Å². The van der Waals surface area contributed by atoms with Crippen LogP contribution in [-0.4, -0.2) is 49.1 Å². The van der Waals surface area contributed by atoms with Crippen molar-refractivity contribution in [3.63, 3.8) is 0 Å². The van der Waals surface area contributed by atoms with Gasteiger partial charge in [-0.2, -0.15) is 0 Å². The minimum absolute atomic E-state index is 0.0789. The average molecular weight is 422 g/mol. The number of benzene rings is 2. The number of piperazine rings is 1. The number of nitrogens with zero attached hydrogens (tertiary/aromatic N) is 3. The van der Waals surface area contributed by atoms with Crippen molar-refractivity contribution in [3.8, 4) is 5.75 Å². The Morgan fingerprint density at radius 1 is 1.17 bits per heavy atom. The third-order valence-corrected chi connectivity index (χ3v) is 6.70. The molecule has 0 unspecified atom stereocenters. The molecule has 0 saturated carbocycles. The van der Waals surface area contributed by atoms with Crippen LogP contribution in [-0.2, 0) is 6.42 Å². The van der Waals surface area contributed by atoms with Gasteiger partial charge in [-0.3, -0.25) is 4.79 Å². The van der Waals surface area contributed by atoms with Crippen molar-refractivity contribution in [1.82, 2.24) is 9.88 Å². The highest BCUT2D eigenvalue weighted by Crippen LogP contribution is 2.31. The lowest BCUT2D eigenvalue weighted by Gasteiger charge is -2.34. The van der Waals surface area contributed by atoms with Crippen molar-refractivity contribution in [1.29, 1.82) is 0 Å². The molecule has 1 aliphatic rings. The standard InChI is InChI=1S/C23H23N3O3S/c1-3-15-7-8-17-20(13-15)30-23(24-17)26-11-9-25(10-12-26)22(27)19-14-16-5-4-6-18(28-2)21(16)29-19/h4-8,13-14H,3,9-12H2,1-2H3. The highest BCUT2D eigenvalue weighted by molar-refractivity contribution is 7.22. The Morgan fingerprint density at radius 3 is 2.77 bits per heavy atom. The molecule has 0 aliphatic carbocycles. The molecule has 0 bridgehead atoms. The number of amides is 1. The van der Waals surface area contributed by atoms with E-state index in [9.17, 15) is 4.79 Å². The summed E-state index contributed by atoms with van der Waals surface area (Å²) in [5.41, 5.74) is 2.99. The number of carbonyl (C=O) groups excluding carboxylic acids is 1. The van der Waals surface area contributed by atoms with Crippen molar-refractivity contribution < 1.29 is 13.9 Å². The van der Waals surface area contributed by atoms with Gasteiger partial charge in [-0.1, -0.05) is 36.5 Å². The van der Waals surface area contributed by atoms with Gasteiger partial charge in [0.25, 0.3) is 5.91 Å². The number of anilines is 1. The summed E-state index contributed by atoms with van der Waals surface area (Å²) >= 11 is 1.73. The number of ether oxygens (including phenoxy) is 1. The molecule has 2 aromatic heterocycles. The highest BCUT2D eigenvalue weighted by atomic mass is 32.1. The van der Waals surface area contributed by atoms with Crippen LogP contribution < -0.4 is 9.64 Å². The molecule has 3 heterocycles. The minimum atomic E-state index is -0.0789. The minimum Gasteiger partial charge on any atom is -0.493 e. The van der Waals surface area contributed by atoms with Crippen molar-refractivity contribution in [2.45, 2.75) is 13.3 Å². The molecule has 0 radical (unpaired) electrons. The maximum atomic E-state index is 13.0. The van der Waals surface area contributed by atoms with Gasteiger partial charge in [0.15, 0.2) is 22.2 Å². The van der Waals surface area contributed by atoms with Crippen molar-refractivity contribution in [3.05, 3.63) is 53.8 Å². The predicted molar refractivity (Wildman–Crippen MR) is 120 cm³/mol. The summed E-state index contributed by atoms with van der Waals surface area (Å²) in [6.07, 6.45) is 1.03. The molecule has 7 heteroatoms. The fourth-order valence-electron chi connectivity index (χ4n) is 3.87. The monoisotopic (exact) mass is 421 g/mol. The number of hydrogen-bond acceptors (Lipinski definition) is 6. The van der Waals surface area contributed by atoms with Gasteiger partial charge >= 0.3 is 0 Å². The Hall–Kier alpha value is -3.06. The molecule has 4 aromatic rings. The van der Waals surface area contributed by atoms with Gasteiger partial charge in [0, 0.05) is 31.6 Å². The van der Waals surface area contributed by atoms with Crippen LogP contribution in [0.3, 0.4) is 0 Å². The SMILES string of the molecule is CCc1ccc2nc(N3CCN(C(=O)c4cc5cccc(OC)c5o4)CC3)sc2c1. The van der Waals surface area contributed by atoms with E-state index in [0.717, 1.165) is 35.5 Å². The number of rotatable bonds is 4. The summed E-state index contributed by atoms with van der Waals surface area (Å²) in [6, 6.07) is 13.9. The second-order valence-electron chi connectivity index (χ2n) is 7.42. The summed E-state index contributed by atoms with van der Waals surface area (Å²) in [5.74, 6) is 0.915. The first-order valence-electron chi connectivity index (χ1n) is 10.2. The zero-order valence-electron chi connectivity index (χ0n) is 17.1. The Bertz CT molecular complexity index is 1220. The van der Waals surface area contributed by atoms with E-state index in [-0.39, 0.29) is 5.91 Å². The second-order valence-corrected chi connectivity index (χ2v) is 8.43. The van der Waals surface area contributed by atoms with E-state index >= 15 is 0 Å². The van der Waals surface area contributed by atoms with Gasteiger partial charge in [0.2, 0.25) is 0 Å². The first-order chi connectivity index (χ1) is 14.7. The maximum Gasteiger partial charge on any atom is 0.289 e. The number of hydrogen-bond donors (Lipinski definition) is 0. The number of aryl methyl sites for hydroxylation is 1. The molecular formula is C23H23N3O3S. The van der Waals surface area contributed by atoms with E-state index < -0.39 is 0 Å². The van der Waals surface area contributed by atoms with Crippen LogP contribution in [0.2, 0.25) is 0 Å². The van der Waals surface area contributed by atoms with Gasteiger partial charge in [-0.15, -0.1) is 0 Å². The number of thiazole rings is 1. The van der Waals surface area contributed by atoms with E-state index in [0.29, 0.717) is 30.2 Å². The molecule has 30 heavy (non-hydrogen) atoms. The summed E-state index contributed by atoms with van der Waals surface area (Å²) in [5, 5.41) is 1.90. The Morgan fingerprint density at radius 2 is 2.00 bits per heavy atom. The average Bonchev–Trinajstić information content (AvgIpc) is 3.42. The first kappa shape index (κ1) is 18.9. The summed E-state index contributed by atoms with van der Waals surface area (Å²) in [7, 11) is 1.60. The topological polar surface area (TPSA) is 58.8 Å². The highest BCUT2D eigenvalue weighted by Gasteiger charge is 2.26. The zero-order valence-corrected chi connectivity index (χ0v) is 17.9. The van der Waals surface area contributed by atoms with Gasteiger partial charge in [-0.05, 0) is 36.2 Å².